The molecule has 4 heteroatoms. The summed E-state index contributed by atoms with van der Waals surface area (Å²) in [7, 11) is 0. The van der Waals surface area contributed by atoms with Crippen molar-refractivity contribution in [1.29, 1.82) is 0 Å². The molecular formula is C15H13N3S. The predicted molar refractivity (Wildman–Crippen MR) is 80.0 cm³/mol. The molecule has 0 saturated carbocycles. The first-order chi connectivity index (χ1) is 9.34. The van der Waals surface area contributed by atoms with Gasteiger partial charge in [0, 0.05) is 28.4 Å². The molecule has 1 aromatic carbocycles. The summed E-state index contributed by atoms with van der Waals surface area (Å²) in [5.41, 5.74) is 8.90. The minimum Gasteiger partial charge on any atom is -0.397 e. The first-order valence-corrected chi connectivity index (χ1v) is 6.98. The summed E-state index contributed by atoms with van der Waals surface area (Å²) in [5.74, 6) is 0.850. The summed E-state index contributed by atoms with van der Waals surface area (Å²) >= 11 is 1.71. The molecule has 0 amide bonds. The molecule has 3 aromatic rings. The van der Waals surface area contributed by atoms with E-state index in [-0.39, 0.29) is 0 Å². The van der Waals surface area contributed by atoms with Crippen LogP contribution in [0.25, 0.3) is 10.9 Å². The molecule has 94 valence electrons. The maximum absolute atomic E-state index is 5.90. The summed E-state index contributed by atoms with van der Waals surface area (Å²) in [4.78, 5) is 9.52. The van der Waals surface area contributed by atoms with Gasteiger partial charge in [-0.2, -0.15) is 0 Å². The molecule has 0 fully saturated rings. The zero-order valence-electron chi connectivity index (χ0n) is 10.3. The van der Waals surface area contributed by atoms with Crippen LogP contribution in [0.2, 0.25) is 0 Å². The molecule has 0 unspecified atom stereocenters. The van der Waals surface area contributed by atoms with E-state index < -0.39 is 0 Å². The van der Waals surface area contributed by atoms with Crippen molar-refractivity contribution < 1.29 is 0 Å². The number of para-hydroxylation sites is 1. The van der Waals surface area contributed by atoms with Crippen LogP contribution in [0.4, 0.5) is 5.69 Å². The summed E-state index contributed by atoms with van der Waals surface area (Å²) in [5, 5.41) is 1.17. The second-order valence-corrected chi connectivity index (χ2v) is 5.21. The lowest BCUT2D eigenvalue weighted by Crippen LogP contribution is -1.91. The van der Waals surface area contributed by atoms with Crippen LogP contribution < -0.4 is 5.73 Å². The van der Waals surface area contributed by atoms with E-state index in [0.29, 0.717) is 0 Å². The molecule has 0 aliphatic heterocycles. The Bertz CT molecular complexity index is 707. The van der Waals surface area contributed by atoms with Gasteiger partial charge in [0.1, 0.15) is 0 Å². The molecule has 2 N–H and O–H groups in total. The van der Waals surface area contributed by atoms with Crippen molar-refractivity contribution in [2.24, 2.45) is 0 Å². The highest BCUT2D eigenvalue weighted by Crippen LogP contribution is 2.29. The number of rotatable bonds is 3. The lowest BCUT2D eigenvalue weighted by atomic mass is 10.1. The fraction of sp³-hybridized carbons (Fsp3) is 0.0667. The number of hydrogen-bond donors (Lipinski definition) is 1. The Morgan fingerprint density at radius 3 is 2.84 bits per heavy atom. The van der Waals surface area contributed by atoms with Gasteiger partial charge in [-0.05, 0) is 17.7 Å². The zero-order chi connectivity index (χ0) is 13.1. The summed E-state index contributed by atoms with van der Waals surface area (Å²) in [6.07, 6.45) is 5.28. The van der Waals surface area contributed by atoms with Crippen LogP contribution in [0.15, 0.2) is 59.9 Å². The van der Waals surface area contributed by atoms with Crippen molar-refractivity contribution in [2.75, 3.05) is 5.73 Å². The average Bonchev–Trinajstić information content (AvgIpc) is 2.46. The van der Waals surface area contributed by atoms with E-state index in [1.807, 2.05) is 18.3 Å². The first kappa shape index (κ1) is 12.0. The normalized spacial score (nSPS) is 10.7. The van der Waals surface area contributed by atoms with Crippen molar-refractivity contribution in [3.8, 4) is 0 Å². The van der Waals surface area contributed by atoms with E-state index in [4.69, 9.17) is 5.73 Å². The molecule has 3 nitrogen and oxygen atoms in total. The van der Waals surface area contributed by atoms with E-state index >= 15 is 0 Å². The van der Waals surface area contributed by atoms with Crippen LogP contribution in [0.5, 0.6) is 0 Å². The van der Waals surface area contributed by atoms with Gasteiger partial charge >= 0.3 is 0 Å². The van der Waals surface area contributed by atoms with Gasteiger partial charge in [-0.15, -0.1) is 11.8 Å². The van der Waals surface area contributed by atoms with Crippen LogP contribution in [0.1, 0.15) is 5.56 Å². The van der Waals surface area contributed by atoms with Crippen molar-refractivity contribution in [1.82, 2.24) is 9.97 Å². The molecule has 0 radical (unpaired) electrons. The van der Waals surface area contributed by atoms with E-state index in [1.54, 1.807) is 24.2 Å². The molecule has 2 heterocycles. The maximum Gasteiger partial charge on any atom is 0.0742 e. The minimum atomic E-state index is 0.723. The highest BCUT2D eigenvalue weighted by Gasteiger charge is 2.04. The lowest BCUT2D eigenvalue weighted by Gasteiger charge is -2.07. The quantitative estimate of drug-likeness (QED) is 0.738. The third-order valence-electron chi connectivity index (χ3n) is 2.91. The molecule has 3 rings (SSSR count). The zero-order valence-corrected chi connectivity index (χ0v) is 11.1. The molecule has 0 aliphatic rings. The Hall–Kier alpha value is -2.07. The Morgan fingerprint density at radius 1 is 1.05 bits per heavy atom. The monoisotopic (exact) mass is 267 g/mol. The maximum atomic E-state index is 5.90. The van der Waals surface area contributed by atoms with Gasteiger partial charge in [0.25, 0.3) is 0 Å². The van der Waals surface area contributed by atoms with Crippen LogP contribution in [0.3, 0.4) is 0 Å². The average molecular weight is 267 g/mol. The molecule has 0 bridgehead atoms. The van der Waals surface area contributed by atoms with Crippen molar-refractivity contribution in [3.05, 3.63) is 60.6 Å². The fourth-order valence-corrected chi connectivity index (χ4v) is 2.89. The van der Waals surface area contributed by atoms with E-state index in [2.05, 4.69) is 34.2 Å². The number of thioether (sulfide) groups is 1. The second-order valence-electron chi connectivity index (χ2n) is 4.19. The van der Waals surface area contributed by atoms with Crippen molar-refractivity contribution in [2.45, 2.75) is 10.6 Å². The predicted octanol–water partition coefficient (Wildman–Crippen LogP) is 3.50. The number of hydrogen-bond acceptors (Lipinski definition) is 4. The minimum absolute atomic E-state index is 0.723. The summed E-state index contributed by atoms with van der Waals surface area (Å²) in [6.45, 7) is 0. The third kappa shape index (κ3) is 2.53. The first-order valence-electron chi connectivity index (χ1n) is 5.99. The molecule has 0 spiro atoms. The molecule has 2 aromatic heterocycles. The number of pyridine rings is 2. The summed E-state index contributed by atoms with van der Waals surface area (Å²) < 4.78 is 0. The standard InChI is InChI=1S/C15H13N3S/c16-13-9-17-8-6-14(13)19-10-12-4-1-3-11-5-2-7-18-15(11)12/h1-9H,10,16H2. The lowest BCUT2D eigenvalue weighted by molar-refractivity contribution is 1.26. The fourth-order valence-electron chi connectivity index (χ4n) is 1.96. The van der Waals surface area contributed by atoms with Crippen LogP contribution in [-0.4, -0.2) is 9.97 Å². The van der Waals surface area contributed by atoms with Crippen LogP contribution >= 0.6 is 11.8 Å². The topological polar surface area (TPSA) is 51.8 Å². The molecule has 0 saturated heterocycles. The Morgan fingerprint density at radius 2 is 1.95 bits per heavy atom. The number of fused-ring (bicyclic) bond motifs is 1. The van der Waals surface area contributed by atoms with Gasteiger partial charge in [0.05, 0.1) is 17.4 Å². The number of anilines is 1. The van der Waals surface area contributed by atoms with Crippen molar-refractivity contribution in [3.63, 3.8) is 0 Å². The van der Waals surface area contributed by atoms with Gasteiger partial charge in [-0.1, -0.05) is 24.3 Å². The van der Waals surface area contributed by atoms with E-state index in [9.17, 15) is 0 Å². The number of nitrogen functional groups attached to an aromatic ring is 1. The Kier molecular flexibility index (Phi) is 3.33. The van der Waals surface area contributed by atoms with Crippen LogP contribution in [0, 0.1) is 0 Å². The highest BCUT2D eigenvalue weighted by molar-refractivity contribution is 7.98. The van der Waals surface area contributed by atoms with Gasteiger partial charge < -0.3 is 5.73 Å². The molecule has 19 heavy (non-hydrogen) atoms. The molecule has 0 aliphatic carbocycles. The number of aromatic nitrogens is 2. The van der Waals surface area contributed by atoms with E-state index in [0.717, 1.165) is 21.9 Å². The smallest absolute Gasteiger partial charge is 0.0742 e. The largest absolute Gasteiger partial charge is 0.397 e. The van der Waals surface area contributed by atoms with Crippen LogP contribution in [-0.2, 0) is 5.75 Å². The summed E-state index contributed by atoms with van der Waals surface area (Å²) in [6, 6.07) is 12.2. The van der Waals surface area contributed by atoms with Gasteiger partial charge in [0.2, 0.25) is 0 Å². The highest BCUT2D eigenvalue weighted by atomic mass is 32.2. The molecule has 0 atom stereocenters. The SMILES string of the molecule is Nc1cnccc1SCc1cccc2cccnc12. The van der Waals surface area contributed by atoms with Gasteiger partial charge in [-0.3, -0.25) is 9.97 Å². The van der Waals surface area contributed by atoms with Gasteiger partial charge in [0.15, 0.2) is 0 Å². The van der Waals surface area contributed by atoms with E-state index in [1.165, 1.54) is 10.9 Å². The Labute approximate surface area is 115 Å². The van der Waals surface area contributed by atoms with Crippen molar-refractivity contribution >= 4 is 28.4 Å². The second kappa shape index (κ2) is 5.28. The van der Waals surface area contributed by atoms with Gasteiger partial charge in [-0.25, -0.2) is 0 Å². The third-order valence-corrected chi connectivity index (χ3v) is 4.05. The Balaban J connectivity index is 1.88. The number of nitrogens with two attached hydrogens (primary N) is 1. The number of benzene rings is 1. The number of nitrogens with zero attached hydrogens (tertiary/aromatic N) is 2. The molecular weight excluding hydrogens is 254 g/mol.